The quantitative estimate of drug-likeness (QED) is 0.634. The molecule has 3 rings (SSSR count). The van der Waals surface area contributed by atoms with Crippen molar-refractivity contribution < 1.29 is 14.3 Å². The predicted molar refractivity (Wildman–Crippen MR) is 110 cm³/mol. The van der Waals surface area contributed by atoms with Crippen LogP contribution in [0.4, 0.5) is 4.79 Å². The number of urea groups is 1. The van der Waals surface area contributed by atoms with E-state index in [0.29, 0.717) is 19.7 Å². The van der Waals surface area contributed by atoms with Gasteiger partial charge in [0.25, 0.3) is 0 Å². The van der Waals surface area contributed by atoms with E-state index in [-0.39, 0.29) is 6.03 Å². The number of likely N-dealkylation sites (N-methyl/N-ethyl adjacent to an activating group) is 1. The zero-order valence-corrected chi connectivity index (χ0v) is 16.4. The largest absolute Gasteiger partial charge is 0.497 e. The fraction of sp³-hybridized carbons (Fsp3) is 0.286. The molecule has 1 N–H and O–H groups in total. The molecule has 6 heteroatoms. The maximum Gasteiger partial charge on any atom is 0.317 e. The molecule has 142 valence electrons. The Kier molecular flexibility index (Phi) is 6.54. The Hall–Kier alpha value is -2.73. The molecule has 5 nitrogen and oxygen atoms in total. The summed E-state index contributed by atoms with van der Waals surface area (Å²) in [6.45, 7) is 1.56. The van der Waals surface area contributed by atoms with Crippen molar-refractivity contribution in [3.8, 4) is 11.5 Å². The molecule has 2 aromatic carbocycles. The highest BCUT2D eigenvalue weighted by Crippen LogP contribution is 2.25. The highest BCUT2D eigenvalue weighted by Gasteiger charge is 2.09. The highest BCUT2D eigenvalue weighted by atomic mass is 32.1. The summed E-state index contributed by atoms with van der Waals surface area (Å²) in [7, 11) is 3.40. The summed E-state index contributed by atoms with van der Waals surface area (Å²) in [5.74, 6) is 1.55. The lowest BCUT2D eigenvalue weighted by atomic mass is 10.1. The van der Waals surface area contributed by atoms with Gasteiger partial charge >= 0.3 is 6.03 Å². The van der Waals surface area contributed by atoms with E-state index >= 15 is 0 Å². The normalized spacial score (nSPS) is 10.6. The zero-order valence-electron chi connectivity index (χ0n) is 15.6. The molecule has 0 bridgehead atoms. The van der Waals surface area contributed by atoms with Crippen LogP contribution in [0.3, 0.4) is 0 Å². The Morgan fingerprint density at radius 3 is 2.63 bits per heavy atom. The molecular weight excluding hydrogens is 360 g/mol. The lowest BCUT2D eigenvalue weighted by Crippen LogP contribution is -2.40. The first-order chi connectivity index (χ1) is 13.2. The Bertz CT molecular complexity index is 877. The number of benzene rings is 2. The van der Waals surface area contributed by atoms with Gasteiger partial charge in [-0.2, -0.15) is 0 Å². The first-order valence-electron chi connectivity index (χ1n) is 8.88. The zero-order chi connectivity index (χ0) is 19.1. The van der Waals surface area contributed by atoms with Gasteiger partial charge in [0.15, 0.2) is 0 Å². The number of nitrogens with one attached hydrogen (secondary N) is 1. The van der Waals surface area contributed by atoms with Crippen LogP contribution in [-0.2, 0) is 6.42 Å². The predicted octanol–water partition coefficient (Wildman–Crippen LogP) is 4.17. The van der Waals surface area contributed by atoms with E-state index in [1.165, 1.54) is 15.6 Å². The van der Waals surface area contributed by atoms with Crippen LogP contribution in [0.2, 0.25) is 0 Å². The van der Waals surface area contributed by atoms with Gasteiger partial charge in [-0.1, -0.05) is 18.2 Å². The summed E-state index contributed by atoms with van der Waals surface area (Å²) in [6.07, 6.45) is 0.825. The second-order valence-corrected chi connectivity index (χ2v) is 7.10. The third-order valence-electron chi connectivity index (χ3n) is 4.33. The molecule has 0 radical (unpaired) electrons. The van der Waals surface area contributed by atoms with E-state index in [0.717, 1.165) is 17.9 Å². The maximum atomic E-state index is 12.2. The fourth-order valence-corrected chi connectivity index (χ4v) is 3.74. The smallest absolute Gasteiger partial charge is 0.317 e. The summed E-state index contributed by atoms with van der Waals surface area (Å²) in [5, 5.41) is 6.41. The molecule has 0 saturated heterocycles. The Labute approximate surface area is 163 Å². The second kappa shape index (κ2) is 9.28. The average Bonchev–Trinajstić information content (AvgIpc) is 3.11. The highest BCUT2D eigenvalue weighted by molar-refractivity contribution is 7.17. The molecule has 3 aromatic rings. The standard InChI is InChI=1S/C21H24N2O3S/c1-23(13-14-26-18-9-7-17(25-2)8-10-18)21(24)22-12-11-16-15-27-20-6-4-3-5-19(16)20/h3-10,15H,11-14H2,1-2H3,(H,22,24). The summed E-state index contributed by atoms with van der Waals surface area (Å²) >= 11 is 1.74. The van der Waals surface area contributed by atoms with Gasteiger partial charge in [-0.15, -0.1) is 11.3 Å². The van der Waals surface area contributed by atoms with Gasteiger partial charge in [0.1, 0.15) is 18.1 Å². The summed E-state index contributed by atoms with van der Waals surface area (Å²) in [6, 6.07) is 15.7. The molecule has 0 aliphatic rings. The summed E-state index contributed by atoms with van der Waals surface area (Å²) in [4.78, 5) is 13.8. The van der Waals surface area contributed by atoms with Gasteiger partial charge in [-0.3, -0.25) is 0 Å². The third kappa shape index (κ3) is 5.14. The Morgan fingerprint density at radius 1 is 1.11 bits per heavy atom. The molecule has 0 atom stereocenters. The second-order valence-electron chi connectivity index (χ2n) is 6.18. The van der Waals surface area contributed by atoms with Crippen LogP contribution in [0, 0.1) is 0 Å². The number of rotatable bonds is 8. The first kappa shape index (κ1) is 19.0. The minimum absolute atomic E-state index is 0.0899. The van der Waals surface area contributed by atoms with Crippen LogP contribution in [0.5, 0.6) is 11.5 Å². The number of hydrogen-bond donors (Lipinski definition) is 1. The molecule has 0 aliphatic carbocycles. The van der Waals surface area contributed by atoms with Gasteiger partial charge < -0.3 is 19.7 Å². The lowest BCUT2D eigenvalue weighted by molar-refractivity contribution is 0.195. The number of methoxy groups -OCH3 is 1. The van der Waals surface area contributed by atoms with Crippen molar-refractivity contribution in [2.24, 2.45) is 0 Å². The molecular formula is C21H24N2O3S. The van der Waals surface area contributed by atoms with Crippen molar-refractivity contribution >= 4 is 27.5 Å². The molecule has 0 aliphatic heterocycles. The lowest BCUT2D eigenvalue weighted by Gasteiger charge is -2.18. The first-order valence-corrected chi connectivity index (χ1v) is 9.76. The van der Waals surface area contributed by atoms with Crippen molar-refractivity contribution in [3.05, 3.63) is 59.5 Å². The van der Waals surface area contributed by atoms with Gasteiger partial charge in [0.2, 0.25) is 0 Å². The van der Waals surface area contributed by atoms with Crippen LogP contribution in [-0.4, -0.2) is 44.8 Å². The van der Waals surface area contributed by atoms with Crippen molar-refractivity contribution in [2.45, 2.75) is 6.42 Å². The van der Waals surface area contributed by atoms with Crippen LogP contribution in [0.15, 0.2) is 53.9 Å². The maximum absolute atomic E-state index is 12.2. The van der Waals surface area contributed by atoms with Gasteiger partial charge in [0.05, 0.1) is 13.7 Å². The summed E-state index contributed by atoms with van der Waals surface area (Å²) < 4.78 is 12.1. The van der Waals surface area contributed by atoms with Crippen LogP contribution >= 0.6 is 11.3 Å². The molecule has 0 fully saturated rings. The molecule has 1 heterocycles. The number of amides is 2. The number of fused-ring (bicyclic) bond motifs is 1. The van der Waals surface area contributed by atoms with E-state index in [2.05, 4.69) is 22.8 Å². The minimum atomic E-state index is -0.0899. The molecule has 0 saturated carbocycles. The van der Waals surface area contributed by atoms with E-state index in [9.17, 15) is 4.79 Å². The number of ether oxygens (including phenoxy) is 2. The topological polar surface area (TPSA) is 50.8 Å². The number of nitrogens with zero attached hydrogens (tertiary/aromatic N) is 1. The SMILES string of the molecule is COc1ccc(OCCN(C)C(=O)NCCc2csc3ccccc23)cc1. The monoisotopic (exact) mass is 384 g/mol. The minimum Gasteiger partial charge on any atom is -0.497 e. The van der Waals surface area contributed by atoms with Crippen LogP contribution in [0.25, 0.3) is 10.1 Å². The van der Waals surface area contributed by atoms with Crippen molar-refractivity contribution in [2.75, 3.05) is 33.9 Å². The van der Waals surface area contributed by atoms with E-state index < -0.39 is 0 Å². The van der Waals surface area contributed by atoms with Gasteiger partial charge in [0, 0.05) is 18.3 Å². The van der Waals surface area contributed by atoms with E-state index in [1.807, 2.05) is 36.4 Å². The van der Waals surface area contributed by atoms with E-state index in [4.69, 9.17) is 9.47 Å². The van der Waals surface area contributed by atoms with Gasteiger partial charge in [-0.05, 0) is 53.1 Å². The van der Waals surface area contributed by atoms with E-state index in [1.54, 1.807) is 30.4 Å². The van der Waals surface area contributed by atoms with Crippen LogP contribution < -0.4 is 14.8 Å². The molecule has 27 heavy (non-hydrogen) atoms. The van der Waals surface area contributed by atoms with Crippen molar-refractivity contribution in [1.29, 1.82) is 0 Å². The number of hydrogen-bond acceptors (Lipinski definition) is 4. The Morgan fingerprint density at radius 2 is 1.85 bits per heavy atom. The van der Waals surface area contributed by atoms with Crippen LogP contribution in [0.1, 0.15) is 5.56 Å². The van der Waals surface area contributed by atoms with Gasteiger partial charge in [-0.25, -0.2) is 4.79 Å². The molecule has 0 unspecified atom stereocenters. The average molecular weight is 385 g/mol. The number of thiophene rings is 1. The molecule has 2 amide bonds. The fourth-order valence-electron chi connectivity index (χ4n) is 2.74. The molecule has 1 aromatic heterocycles. The van der Waals surface area contributed by atoms with Crippen molar-refractivity contribution in [1.82, 2.24) is 10.2 Å². The Balaban J connectivity index is 1.38. The number of carbonyl (C=O) groups excluding carboxylic acids is 1. The summed E-state index contributed by atoms with van der Waals surface area (Å²) in [5.41, 5.74) is 1.28. The molecule has 0 spiro atoms. The number of carbonyl (C=O) groups is 1. The third-order valence-corrected chi connectivity index (χ3v) is 5.35. The van der Waals surface area contributed by atoms with Crippen molar-refractivity contribution in [3.63, 3.8) is 0 Å².